The van der Waals surface area contributed by atoms with Crippen LogP contribution in [0.4, 0.5) is 0 Å². The lowest BCUT2D eigenvalue weighted by Crippen LogP contribution is -2.36. The quantitative estimate of drug-likeness (QED) is 0.111. The van der Waals surface area contributed by atoms with Crippen LogP contribution >= 0.6 is 0 Å². The van der Waals surface area contributed by atoms with E-state index in [1.54, 1.807) is 72.8 Å². The Morgan fingerprint density at radius 3 is 2.10 bits per heavy atom. The zero-order chi connectivity index (χ0) is 33.5. The van der Waals surface area contributed by atoms with Crippen molar-refractivity contribution < 1.29 is 29.0 Å². The van der Waals surface area contributed by atoms with Gasteiger partial charge in [-0.15, -0.1) is 0 Å². The van der Waals surface area contributed by atoms with Crippen LogP contribution in [0.2, 0.25) is 0 Å². The Labute approximate surface area is 277 Å². The number of carbonyl (C=O) groups is 4. The molecule has 0 unspecified atom stereocenters. The van der Waals surface area contributed by atoms with Crippen LogP contribution in [0.5, 0.6) is 5.75 Å². The molecule has 6 rings (SSSR count). The summed E-state index contributed by atoms with van der Waals surface area (Å²) in [5.74, 6) is -0.436. The first-order chi connectivity index (χ1) is 23.4. The van der Waals surface area contributed by atoms with Gasteiger partial charge >= 0.3 is 5.97 Å². The van der Waals surface area contributed by atoms with Gasteiger partial charge in [-0.05, 0) is 67.4 Å². The highest BCUT2D eigenvalue weighted by atomic mass is 16.5. The van der Waals surface area contributed by atoms with Crippen LogP contribution in [-0.4, -0.2) is 57.9 Å². The van der Waals surface area contributed by atoms with Gasteiger partial charge in [0.25, 0.3) is 11.8 Å². The fraction of sp³-hybridized carbons (Fsp3) is 0.237. The van der Waals surface area contributed by atoms with Crippen molar-refractivity contribution >= 4 is 34.6 Å². The summed E-state index contributed by atoms with van der Waals surface area (Å²) in [6, 6.07) is 28.1. The molecule has 4 aromatic carbocycles. The average molecular weight is 645 g/mol. The number of carboxylic acid groups (broad SMARTS) is 1. The molecule has 2 amide bonds. The summed E-state index contributed by atoms with van der Waals surface area (Å²) in [4.78, 5) is 53.9. The monoisotopic (exact) mass is 644 g/mol. The third-order valence-corrected chi connectivity index (χ3v) is 8.54. The number of carboxylic acids is 1. The summed E-state index contributed by atoms with van der Waals surface area (Å²) in [7, 11) is 0. The summed E-state index contributed by atoms with van der Waals surface area (Å²) in [5, 5.41) is 15.0. The van der Waals surface area contributed by atoms with E-state index >= 15 is 0 Å². The molecule has 1 fully saturated rings. The highest BCUT2D eigenvalue weighted by molar-refractivity contribution is 6.09. The number of benzene rings is 4. The van der Waals surface area contributed by atoms with Gasteiger partial charge in [0, 0.05) is 41.4 Å². The summed E-state index contributed by atoms with van der Waals surface area (Å²) in [6.07, 6.45) is 5.59. The van der Waals surface area contributed by atoms with Crippen LogP contribution in [0.15, 0.2) is 97.1 Å². The van der Waals surface area contributed by atoms with Crippen LogP contribution in [0.25, 0.3) is 22.4 Å². The number of ketones is 1. The van der Waals surface area contributed by atoms with Gasteiger partial charge in [-0.3, -0.25) is 14.4 Å². The molecule has 0 saturated heterocycles. The Hall–Kier alpha value is -5.77. The molecule has 48 heavy (non-hydrogen) atoms. The van der Waals surface area contributed by atoms with E-state index in [0.29, 0.717) is 28.0 Å². The van der Waals surface area contributed by atoms with Gasteiger partial charge in [0.1, 0.15) is 11.6 Å². The number of hydrogen-bond donors (Lipinski definition) is 3. The first kappa shape index (κ1) is 32.2. The first-order valence-electron chi connectivity index (χ1n) is 16.1. The number of fused-ring (bicyclic) bond motifs is 1. The Balaban J connectivity index is 0.994. The van der Waals surface area contributed by atoms with Crippen molar-refractivity contribution in [1.82, 2.24) is 20.2 Å². The molecule has 0 radical (unpaired) electrons. The van der Waals surface area contributed by atoms with Gasteiger partial charge in [0.2, 0.25) is 0 Å². The van der Waals surface area contributed by atoms with Crippen LogP contribution in [0, 0.1) is 0 Å². The first-order valence-corrected chi connectivity index (χ1v) is 16.1. The standard InChI is InChI=1S/C38H36N4O6/c43-34(39-21-22-40-37(45)28-13-11-26(12-14-28)35(44)25-7-3-1-4-8-25)24-48-31-18-15-27(16-19-31)36-41-32-23-29(38(46)47)17-20-33(32)42(36)30-9-5-2-6-10-30/h1,3-4,7-8,11-20,23,30H,2,5-6,9-10,21-22,24H2,(H,39,43)(H,40,45)(H,46,47). The van der Waals surface area contributed by atoms with Crippen molar-refractivity contribution in [3.63, 3.8) is 0 Å². The molecule has 1 aliphatic carbocycles. The number of rotatable bonds is 12. The van der Waals surface area contributed by atoms with Crippen LogP contribution in [-0.2, 0) is 4.79 Å². The molecule has 5 aromatic rings. The van der Waals surface area contributed by atoms with E-state index in [1.165, 1.54) is 6.42 Å². The molecule has 10 nitrogen and oxygen atoms in total. The Morgan fingerprint density at radius 1 is 0.750 bits per heavy atom. The highest BCUT2D eigenvalue weighted by Gasteiger charge is 2.23. The second-order valence-electron chi connectivity index (χ2n) is 11.8. The van der Waals surface area contributed by atoms with E-state index < -0.39 is 5.97 Å². The van der Waals surface area contributed by atoms with Crippen molar-refractivity contribution in [1.29, 1.82) is 0 Å². The molecule has 0 aliphatic heterocycles. The minimum absolute atomic E-state index is 0.114. The Morgan fingerprint density at radius 2 is 1.40 bits per heavy atom. The summed E-state index contributed by atoms with van der Waals surface area (Å²) >= 11 is 0. The molecule has 1 aromatic heterocycles. The molecule has 1 heterocycles. The molecule has 0 bridgehead atoms. The van der Waals surface area contributed by atoms with Gasteiger partial charge in [0.05, 0.1) is 16.6 Å². The fourth-order valence-corrected chi connectivity index (χ4v) is 6.05. The fourth-order valence-electron chi connectivity index (χ4n) is 6.05. The molecule has 3 N–H and O–H groups in total. The lowest BCUT2D eigenvalue weighted by molar-refractivity contribution is -0.123. The van der Waals surface area contributed by atoms with Crippen molar-refractivity contribution in [2.24, 2.45) is 0 Å². The Bertz CT molecular complexity index is 1930. The number of nitrogens with zero attached hydrogens (tertiary/aromatic N) is 2. The molecule has 1 saturated carbocycles. The van der Waals surface area contributed by atoms with E-state index in [1.807, 2.05) is 24.3 Å². The second kappa shape index (κ2) is 14.8. The zero-order valence-corrected chi connectivity index (χ0v) is 26.4. The van der Waals surface area contributed by atoms with Crippen LogP contribution in [0.3, 0.4) is 0 Å². The van der Waals surface area contributed by atoms with E-state index in [2.05, 4.69) is 15.2 Å². The van der Waals surface area contributed by atoms with Crippen LogP contribution in [0.1, 0.15) is 74.8 Å². The SMILES string of the molecule is O=C(COc1ccc(-c2nc3cc(C(=O)O)ccc3n2C2CCCCC2)cc1)NCCNC(=O)c1ccc(C(=O)c2ccccc2)cc1. The van der Waals surface area contributed by atoms with Crippen molar-refractivity contribution in [3.05, 3.63) is 119 Å². The third kappa shape index (κ3) is 7.44. The van der Waals surface area contributed by atoms with Gasteiger partial charge < -0.3 is 25.0 Å². The molecular weight excluding hydrogens is 608 g/mol. The summed E-state index contributed by atoms with van der Waals surface area (Å²) in [5.41, 5.74) is 4.14. The van der Waals surface area contributed by atoms with E-state index in [4.69, 9.17) is 9.72 Å². The average Bonchev–Trinajstić information content (AvgIpc) is 3.52. The van der Waals surface area contributed by atoms with Gasteiger partial charge in [-0.25, -0.2) is 9.78 Å². The topological polar surface area (TPSA) is 140 Å². The molecule has 10 heteroatoms. The zero-order valence-electron chi connectivity index (χ0n) is 26.4. The maximum atomic E-state index is 12.6. The van der Waals surface area contributed by atoms with E-state index in [0.717, 1.165) is 42.6 Å². The smallest absolute Gasteiger partial charge is 0.335 e. The Kier molecular flexibility index (Phi) is 9.90. The second-order valence-corrected chi connectivity index (χ2v) is 11.8. The van der Waals surface area contributed by atoms with Gasteiger partial charge in [-0.1, -0.05) is 61.7 Å². The molecule has 1 aliphatic rings. The van der Waals surface area contributed by atoms with Crippen molar-refractivity contribution in [2.45, 2.75) is 38.1 Å². The van der Waals surface area contributed by atoms with Gasteiger partial charge in [0.15, 0.2) is 12.4 Å². The number of carbonyl (C=O) groups excluding carboxylic acids is 3. The minimum atomic E-state index is -0.985. The lowest BCUT2D eigenvalue weighted by atomic mass is 9.95. The number of amides is 2. The maximum Gasteiger partial charge on any atom is 0.335 e. The lowest BCUT2D eigenvalue weighted by Gasteiger charge is -2.25. The van der Waals surface area contributed by atoms with Crippen molar-refractivity contribution in [3.8, 4) is 17.1 Å². The van der Waals surface area contributed by atoms with E-state index in [-0.39, 0.29) is 48.9 Å². The molecule has 244 valence electrons. The predicted octanol–water partition coefficient (Wildman–Crippen LogP) is 6.06. The van der Waals surface area contributed by atoms with Gasteiger partial charge in [-0.2, -0.15) is 0 Å². The van der Waals surface area contributed by atoms with E-state index in [9.17, 15) is 24.3 Å². The molecular formula is C38H36N4O6. The largest absolute Gasteiger partial charge is 0.484 e. The summed E-state index contributed by atoms with van der Waals surface area (Å²) < 4.78 is 7.94. The van der Waals surface area contributed by atoms with Crippen molar-refractivity contribution in [2.75, 3.05) is 19.7 Å². The number of nitrogens with one attached hydrogen (secondary N) is 2. The number of imidazole rings is 1. The molecule has 0 spiro atoms. The number of ether oxygens (including phenoxy) is 1. The predicted molar refractivity (Wildman–Crippen MR) is 181 cm³/mol. The number of aromatic nitrogens is 2. The minimum Gasteiger partial charge on any atom is -0.484 e. The summed E-state index contributed by atoms with van der Waals surface area (Å²) in [6.45, 7) is 0.251. The number of aromatic carboxylic acids is 1. The number of hydrogen-bond acceptors (Lipinski definition) is 6. The highest BCUT2D eigenvalue weighted by Crippen LogP contribution is 2.36. The maximum absolute atomic E-state index is 12.6. The normalized spacial score (nSPS) is 13.2. The third-order valence-electron chi connectivity index (χ3n) is 8.54. The molecule has 0 atom stereocenters. The van der Waals surface area contributed by atoms with Crippen LogP contribution < -0.4 is 15.4 Å².